The van der Waals surface area contributed by atoms with Crippen molar-refractivity contribution in [1.82, 2.24) is 0 Å². The fourth-order valence-electron chi connectivity index (χ4n) is 1.37. The van der Waals surface area contributed by atoms with Crippen molar-refractivity contribution >= 4 is 15.9 Å². The van der Waals surface area contributed by atoms with Gasteiger partial charge in [-0.25, -0.2) is 0 Å². The standard InChI is InChI=1S/C12H15BrO/c1-3-7-12(14-4-2)10-8-5-6-9-11(10)13/h3,5-6,8-9,12H,1,4,7H2,2H3. The summed E-state index contributed by atoms with van der Waals surface area (Å²) in [5, 5.41) is 0. The second kappa shape index (κ2) is 5.99. The third-order valence-corrected chi connectivity index (χ3v) is 2.72. The Hall–Kier alpha value is -0.600. The Morgan fingerprint density at radius 1 is 1.50 bits per heavy atom. The molecular formula is C12H15BrO. The maximum atomic E-state index is 5.65. The second-order valence-electron chi connectivity index (χ2n) is 2.99. The molecule has 0 aromatic heterocycles. The highest BCUT2D eigenvalue weighted by molar-refractivity contribution is 9.10. The predicted octanol–water partition coefficient (Wildman–Crippen LogP) is 4.10. The molecule has 0 saturated carbocycles. The van der Waals surface area contributed by atoms with Crippen LogP contribution in [0, 0.1) is 0 Å². The lowest BCUT2D eigenvalue weighted by Gasteiger charge is -2.16. The number of ether oxygens (including phenoxy) is 1. The Morgan fingerprint density at radius 2 is 2.21 bits per heavy atom. The lowest BCUT2D eigenvalue weighted by Crippen LogP contribution is -2.03. The van der Waals surface area contributed by atoms with E-state index in [-0.39, 0.29) is 6.10 Å². The molecule has 1 rings (SSSR count). The third kappa shape index (κ3) is 2.96. The van der Waals surface area contributed by atoms with E-state index in [1.54, 1.807) is 0 Å². The summed E-state index contributed by atoms with van der Waals surface area (Å²) in [5.74, 6) is 0. The van der Waals surface area contributed by atoms with Crippen LogP contribution in [-0.2, 0) is 4.74 Å². The summed E-state index contributed by atoms with van der Waals surface area (Å²) in [6.07, 6.45) is 2.85. The van der Waals surface area contributed by atoms with Crippen molar-refractivity contribution in [2.75, 3.05) is 6.61 Å². The Bertz CT molecular complexity index is 296. The van der Waals surface area contributed by atoms with Crippen LogP contribution >= 0.6 is 15.9 Å². The largest absolute Gasteiger partial charge is 0.373 e. The van der Waals surface area contributed by atoms with Gasteiger partial charge >= 0.3 is 0 Å². The van der Waals surface area contributed by atoms with E-state index in [9.17, 15) is 0 Å². The Labute approximate surface area is 93.9 Å². The van der Waals surface area contributed by atoms with Gasteiger partial charge in [-0.3, -0.25) is 0 Å². The quantitative estimate of drug-likeness (QED) is 0.719. The normalized spacial score (nSPS) is 12.4. The van der Waals surface area contributed by atoms with E-state index in [0.29, 0.717) is 0 Å². The zero-order valence-corrected chi connectivity index (χ0v) is 9.96. The highest BCUT2D eigenvalue weighted by Crippen LogP contribution is 2.28. The highest BCUT2D eigenvalue weighted by Gasteiger charge is 2.11. The molecule has 0 aliphatic rings. The van der Waals surface area contributed by atoms with Gasteiger partial charge in [0.2, 0.25) is 0 Å². The van der Waals surface area contributed by atoms with Crippen molar-refractivity contribution in [3.05, 3.63) is 47.0 Å². The van der Waals surface area contributed by atoms with E-state index in [4.69, 9.17) is 4.74 Å². The molecular weight excluding hydrogens is 240 g/mol. The van der Waals surface area contributed by atoms with Gasteiger partial charge in [0, 0.05) is 11.1 Å². The van der Waals surface area contributed by atoms with Gasteiger partial charge in [0.05, 0.1) is 6.10 Å². The summed E-state index contributed by atoms with van der Waals surface area (Å²) in [4.78, 5) is 0. The molecule has 0 amide bonds. The molecule has 1 aromatic rings. The smallest absolute Gasteiger partial charge is 0.0869 e. The van der Waals surface area contributed by atoms with E-state index in [0.717, 1.165) is 17.5 Å². The minimum Gasteiger partial charge on any atom is -0.373 e. The fourth-order valence-corrected chi connectivity index (χ4v) is 1.91. The molecule has 0 aliphatic heterocycles. The number of rotatable bonds is 5. The minimum atomic E-state index is 0.119. The third-order valence-electron chi connectivity index (χ3n) is 2.00. The van der Waals surface area contributed by atoms with Crippen molar-refractivity contribution in [3.63, 3.8) is 0 Å². The van der Waals surface area contributed by atoms with Gasteiger partial charge in [0.25, 0.3) is 0 Å². The van der Waals surface area contributed by atoms with Crippen molar-refractivity contribution < 1.29 is 4.74 Å². The molecule has 14 heavy (non-hydrogen) atoms. The molecule has 0 N–H and O–H groups in total. The average molecular weight is 255 g/mol. The monoisotopic (exact) mass is 254 g/mol. The number of hydrogen-bond acceptors (Lipinski definition) is 1. The zero-order chi connectivity index (χ0) is 10.4. The number of benzene rings is 1. The molecule has 1 nitrogen and oxygen atoms in total. The van der Waals surface area contributed by atoms with E-state index in [1.165, 1.54) is 5.56 Å². The molecule has 0 fully saturated rings. The SMILES string of the molecule is C=CCC(OCC)c1ccccc1Br. The van der Waals surface area contributed by atoms with E-state index in [2.05, 4.69) is 28.6 Å². The predicted molar refractivity (Wildman–Crippen MR) is 63.3 cm³/mol. The van der Waals surface area contributed by atoms with Crippen LogP contribution in [0.3, 0.4) is 0 Å². The molecule has 1 atom stereocenters. The topological polar surface area (TPSA) is 9.23 Å². The van der Waals surface area contributed by atoms with Gasteiger partial charge in [0.15, 0.2) is 0 Å². The molecule has 1 unspecified atom stereocenters. The lowest BCUT2D eigenvalue weighted by atomic mass is 10.1. The summed E-state index contributed by atoms with van der Waals surface area (Å²) in [7, 11) is 0. The van der Waals surface area contributed by atoms with Crippen molar-refractivity contribution in [3.8, 4) is 0 Å². The molecule has 0 radical (unpaired) electrons. The average Bonchev–Trinajstić information content (AvgIpc) is 2.18. The second-order valence-corrected chi connectivity index (χ2v) is 3.84. The Balaban J connectivity index is 2.86. The van der Waals surface area contributed by atoms with E-state index in [1.807, 2.05) is 31.2 Å². The van der Waals surface area contributed by atoms with Gasteiger partial charge in [-0.05, 0) is 25.0 Å². The summed E-state index contributed by atoms with van der Waals surface area (Å²) in [5.41, 5.74) is 1.19. The Kier molecular flexibility index (Phi) is 4.91. The van der Waals surface area contributed by atoms with Gasteiger partial charge in [0.1, 0.15) is 0 Å². The first-order valence-electron chi connectivity index (χ1n) is 4.76. The van der Waals surface area contributed by atoms with Crippen LogP contribution in [0.15, 0.2) is 41.4 Å². The lowest BCUT2D eigenvalue weighted by molar-refractivity contribution is 0.0643. The summed E-state index contributed by atoms with van der Waals surface area (Å²) in [6.45, 7) is 6.47. The van der Waals surface area contributed by atoms with Crippen LogP contribution in [0.2, 0.25) is 0 Å². The Morgan fingerprint density at radius 3 is 2.79 bits per heavy atom. The molecule has 0 saturated heterocycles. The van der Waals surface area contributed by atoms with Crippen LogP contribution in [0.25, 0.3) is 0 Å². The number of hydrogen-bond donors (Lipinski definition) is 0. The molecule has 76 valence electrons. The highest BCUT2D eigenvalue weighted by atomic mass is 79.9. The van der Waals surface area contributed by atoms with Crippen molar-refractivity contribution in [1.29, 1.82) is 0 Å². The van der Waals surface area contributed by atoms with Gasteiger partial charge in [-0.15, -0.1) is 6.58 Å². The number of halogens is 1. The summed E-state index contributed by atoms with van der Waals surface area (Å²) < 4.78 is 6.75. The van der Waals surface area contributed by atoms with Crippen LogP contribution in [-0.4, -0.2) is 6.61 Å². The van der Waals surface area contributed by atoms with E-state index >= 15 is 0 Å². The molecule has 0 bridgehead atoms. The summed E-state index contributed by atoms with van der Waals surface area (Å²) >= 11 is 3.52. The van der Waals surface area contributed by atoms with Crippen LogP contribution < -0.4 is 0 Å². The van der Waals surface area contributed by atoms with Crippen LogP contribution in [0.1, 0.15) is 25.0 Å². The fraction of sp³-hybridized carbons (Fsp3) is 0.333. The van der Waals surface area contributed by atoms with E-state index < -0.39 is 0 Å². The van der Waals surface area contributed by atoms with Crippen LogP contribution in [0.5, 0.6) is 0 Å². The van der Waals surface area contributed by atoms with Crippen molar-refractivity contribution in [2.45, 2.75) is 19.4 Å². The van der Waals surface area contributed by atoms with Crippen molar-refractivity contribution in [2.24, 2.45) is 0 Å². The molecule has 0 aliphatic carbocycles. The zero-order valence-electron chi connectivity index (χ0n) is 8.37. The maximum Gasteiger partial charge on any atom is 0.0869 e. The molecule has 0 spiro atoms. The van der Waals surface area contributed by atoms with Crippen LogP contribution in [0.4, 0.5) is 0 Å². The van der Waals surface area contributed by atoms with Gasteiger partial charge in [-0.1, -0.05) is 40.2 Å². The molecule has 2 heteroatoms. The first kappa shape index (κ1) is 11.5. The first-order valence-corrected chi connectivity index (χ1v) is 5.55. The molecule has 0 heterocycles. The van der Waals surface area contributed by atoms with Gasteiger partial charge in [-0.2, -0.15) is 0 Å². The van der Waals surface area contributed by atoms with Gasteiger partial charge < -0.3 is 4.74 Å². The molecule has 1 aromatic carbocycles. The maximum absolute atomic E-state index is 5.65. The summed E-state index contributed by atoms with van der Waals surface area (Å²) in [6, 6.07) is 8.14. The minimum absolute atomic E-state index is 0.119. The first-order chi connectivity index (χ1) is 6.79.